The van der Waals surface area contributed by atoms with Gasteiger partial charge >= 0.3 is 0 Å². The van der Waals surface area contributed by atoms with E-state index in [2.05, 4.69) is 34.1 Å². The van der Waals surface area contributed by atoms with E-state index in [9.17, 15) is 5.11 Å². The van der Waals surface area contributed by atoms with Gasteiger partial charge in [0.1, 0.15) is 0 Å². The van der Waals surface area contributed by atoms with Crippen LogP contribution in [0.25, 0.3) is 0 Å². The molecular formula is C17H19BrOS. The largest absolute Gasteiger partial charge is 0.387 e. The van der Waals surface area contributed by atoms with Gasteiger partial charge in [-0.2, -0.15) is 0 Å². The van der Waals surface area contributed by atoms with E-state index in [4.69, 9.17) is 0 Å². The Morgan fingerprint density at radius 1 is 1.10 bits per heavy atom. The third-order valence-electron chi connectivity index (χ3n) is 3.94. The number of aryl methyl sites for hydroxylation is 2. The van der Waals surface area contributed by atoms with Crippen LogP contribution in [-0.4, -0.2) is 5.11 Å². The molecule has 1 heterocycles. The first-order valence-corrected chi connectivity index (χ1v) is 8.87. The van der Waals surface area contributed by atoms with Crippen LogP contribution in [0.15, 0.2) is 34.8 Å². The minimum absolute atomic E-state index is 0.367. The molecule has 0 amide bonds. The molecule has 1 aromatic heterocycles. The zero-order chi connectivity index (χ0) is 13.9. The third-order valence-corrected chi connectivity index (χ3v) is 5.80. The van der Waals surface area contributed by atoms with Crippen molar-refractivity contribution in [3.8, 4) is 0 Å². The molecule has 0 bridgehead atoms. The highest BCUT2D eigenvalue weighted by Crippen LogP contribution is 2.33. The lowest BCUT2D eigenvalue weighted by molar-refractivity contribution is 0.182. The molecule has 0 aliphatic heterocycles. The van der Waals surface area contributed by atoms with Crippen molar-refractivity contribution in [1.82, 2.24) is 0 Å². The van der Waals surface area contributed by atoms with Gasteiger partial charge in [-0.15, -0.1) is 11.3 Å². The molecule has 1 N–H and O–H groups in total. The summed E-state index contributed by atoms with van der Waals surface area (Å²) in [5.41, 5.74) is 2.67. The Morgan fingerprint density at radius 2 is 1.85 bits per heavy atom. The van der Waals surface area contributed by atoms with E-state index >= 15 is 0 Å². The first-order chi connectivity index (χ1) is 9.72. The fourth-order valence-corrected chi connectivity index (χ4v) is 4.31. The Morgan fingerprint density at radius 3 is 2.65 bits per heavy atom. The first-order valence-electron chi connectivity index (χ1n) is 7.26. The topological polar surface area (TPSA) is 20.2 Å². The maximum atomic E-state index is 10.5. The summed E-state index contributed by atoms with van der Waals surface area (Å²) in [5.74, 6) is 0. The van der Waals surface area contributed by atoms with Crippen LogP contribution >= 0.6 is 27.3 Å². The van der Waals surface area contributed by atoms with Gasteiger partial charge in [-0.25, -0.2) is 0 Å². The number of hydrogen-bond donors (Lipinski definition) is 1. The average molecular weight is 351 g/mol. The second-order valence-electron chi connectivity index (χ2n) is 5.50. The zero-order valence-corrected chi connectivity index (χ0v) is 13.8. The van der Waals surface area contributed by atoms with E-state index in [-0.39, 0.29) is 6.10 Å². The summed E-state index contributed by atoms with van der Waals surface area (Å²) in [4.78, 5) is 2.65. The van der Waals surface area contributed by atoms with Crippen molar-refractivity contribution in [2.45, 2.75) is 44.6 Å². The molecular weight excluding hydrogens is 332 g/mol. The van der Waals surface area contributed by atoms with E-state index in [1.807, 2.05) is 23.5 Å². The van der Waals surface area contributed by atoms with Crippen LogP contribution in [0.3, 0.4) is 0 Å². The van der Waals surface area contributed by atoms with Crippen LogP contribution in [0.5, 0.6) is 0 Å². The number of aliphatic hydroxyl groups excluding tert-OH is 1. The summed E-state index contributed by atoms with van der Waals surface area (Å²) in [7, 11) is 0. The van der Waals surface area contributed by atoms with Crippen LogP contribution in [0.1, 0.15) is 46.2 Å². The summed E-state index contributed by atoms with van der Waals surface area (Å²) in [5, 5.41) is 10.5. The maximum Gasteiger partial charge on any atom is 0.0922 e. The predicted octanol–water partition coefficient (Wildman–Crippen LogP) is 5.06. The highest BCUT2D eigenvalue weighted by atomic mass is 79.9. The molecule has 0 radical (unpaired) electrons. The van der Waals surface area contributed by atoms with Crippen LogP contribution in [0, 0.1) is 0 Å². The molecule has 106 valence electrons. The number of halogens is 1. The van der Waals surface area contributed by atoms with Crippen molar-refractivity contribution in [1.29, 1.82) is 0 Å². The van der Waals surface area contributed by atoms with Gasteiger partial charge in [0.25, 0.3) is 0 Å². The Hall–Kier alpha value is -0.640. The van der Waals surface area contributed by atoms with E-state index in [1.54, 1.807) is 0 Å². The number of thiophene rings is 1. The second-order valence-corrected chi connectivity index (χ2v) is 7.59. The van der Waals surface area contributed by atoms with E-state index in [0.29, 0.717) is 6.42 Å². The minimum Gasteiger partial charge on any atom is -0.387 e. The van der Waals surface area contributed by atoms with Crippen molar-refractivity contribution in [2.75, 3.05) is 0 Å². The second kappa shape index (κ2) is 6.42. The van der Waals surface area contributed by atoms with Gasteiger partial charge in [-0.3, -0.25) is 0 Å². The van der Waals surface area contributed by atoms with Crippen LogP contribution < -0.4 is 0 Å². The van der Waals surface area contributed by atoms with Crippen molar-refractivity contribution in [3.05, 3.63) is 55.7 Å². The van der Waals surface area contributed by atoms with Crippen molar-refractivity contribution >= 4 is 27.3 Å². The number of benzene rings is 1. The minimum atomic E-state index is -0.367. The standard InChI is InChI=1S/C17H19BrOS/c18-14-8-6-12(7-9-14)10-15(19)17-11-13-4-2-1-3-5-16(13)20-17/h6-9,11,15,19H,1-5,10H2. The Kier molecular flexibility index (Phi) is 4.59. The van der Waals surface area contributed by atoms with Gasteiger partial charge in [-0.1, -0.05) is 34.5 Å². The summed E-state index contributed by atoms with van der Waals surface area (Å²) >= 11 is 5.26. The van der Waals surface area contributed by atoms with Crippen LogP contribution in [0.2, 0.25) is 0 Å². The van der Waals surface area contributed by atoms with E-state index in [1.165, 1.54) is 48.1 Å². The smallest absolute Gasteiger partial charge is 0.0922 e. The predicted molar refractivity (Wildman–Crippen MR) is 88.4 cm³/mol. The summed E-state index contributed by atoms with van der Waals surface area (Å²) in [6, 6.07) is 10.5. The molecule has 3 heteroatoms. The molecule has 20 heavy (non-hydrogen) atoms. The molecule has 0 fully saturated rings. The van der Waals surface area contributed by atoms with Crippen LogP contribution in [0.4, 0.5) is 0 Å². The molecule has 1 aliphatic carbocycles. The van der Waals surface area contributed by atoms with Crippen molar-refractivity contribution in [2.24, 2.45) is 0 Å². The first kappa shape index (κ1) is 14.3. The third kappa shape index (κ3) is 3.33. The molecule has 0 saturated heterocycles. The Bertz CT molecular complexity index is 550. The number of hydrogen-bond acceptors (Lipinski definition) is 2. The lowest BCUT2D eigenvalue weighted by Gasteiger charge is -2.08. The number of fused-ring (bicyclic) bond motifs is 1. The number of aliphatic hydroxyl groups is 1. The van der Waals surface area contributed by atoms with Gasteiger partial charge < -0.3 is 5.11 Å². The van der Waals surface area contributed by atoms with Gasteiger partial charge in [0.15, 0.2) is 0 Å². The van der Waals surface area contributed by atoms with Crippen molar-refractivity contribution < 1.29 is 5.11 Å². The molecule has 2 aromatic rings. The van der Waals surface area contributed by atoms with Crippen LogP contribution in [-0.2, 0) is 19.3 Å². The van der Waals surface area contributed by atoms with Gasteiger partial charge in [0.05, 0.1) is 6.10 Å². The maximum absolute atomic E-state index is 10.5. The molecule has 1 unspecified atom stereocenters. The zero-order valence-electron chi connectivity index (χ0n) is 11.4. The van der Waals surface area contributed by atoms with Crippen molar-refractivity contribution in [3.63, 3.8) is 0 Å². The van der Waals surface area contributed by atoms with E-state index in [0.717, 1.165) is 9.35 Å². The van der Waals surface area contributed by atoms with Gasteiger partial charge in [-0.05, 0) is 55.0 Å². The summed E-state index contributed by atoms with van der Waals surface area (Å²) < 4.78 is 1.08. The molecule has 1 nitrogen and oxygen atoms in total. The monoisotopic (exact) mass is 350 g/mol. The quantitative estimate of drug-likeness (QED) is 0.767. The number of rotatable bonds is 3. The van der Waals surface area contributed by atoms with Gasteiger partial charge in [0, 0.05) is 20.6 Å². The molecule has 0 spiro atoms. The normalized spacial score (nSPS) is 16.5. The van der Waals surface area contributed by atoms with E-state index < -0.39 is 0 Å². The highest BCUT2D eigenvalue weighted by Gasteiger charge is 2.17. The Labute approximate surface area is 132 Å². The molecule has 3 rings (SSSR count). The SMILES string of the molecule is OC(Cc1ccc(Br)cc1)c1cc2c(s1)CCCCC2. The van der Waals surface area contributed by atoms with Gasteiger partial charge in [0.2, 0.25) is 0 Å². The molecule has 0 saturated carbocycles. The summed E-state index contributed by atoms with van der Waals surface area (Å²) in [6.45, 7) is 0. The lowest BCUT2D eigenvalue weighted by atomic mass is 10.1. The Balaban J connectivity index is 1.73. The molecule has 1 aliphatic rings. The molecule has 1 atom stereocenters. The average Bonchev–Trinajstić information content (AvgIpc) is 2.73. The fraction of sp³-hybridized carbons (Fsp3) is 0.412. The molecule has 1 aromatic carbocycles. The lowest BCUT2D eigenvalue weighted by Crippen LogP contribution is -1.99. The summed E-state index contributed by atoms with van der Waals surface area (Å²) in [6.07, 6.45) is 6.67. The highest BCUT2D eigenvalue weighted by molar-refractivity contribution is 9.10. The fourth-order valence-electron chi connectivity index (χ4n) is 2.80.